The Balaban J connectivity index is 2.04. The molecule has 0 radical (unpaired) electrons. The fourth-order valence-corrected chi connectivity index (χ4v) is 5.92. The highest BCUT2D eigenvalue weighted by molar-refractivity contribution is 9.10. The van der Waals surface area contributed by atoms with Gasteiger partial charge in [-0.1, -0.05) is 22.0 Å². The maximum absolute atomic E-state index is 12.0. The number of likely N-dealkylation sites (N-methyl/N-ethyl adjacent to an activating group) is 1. The van der Waals surface area contributed by atoms with Crippen LogP contribution in [0.2, 0.25) is 0 Å². The van der Waals surface area contributed by atoms with Crippen LogP contribution >= 0.6 is 28.1 Å². The van der Waals surface area contributed by atoms with E-state index in [1.807, 2.05) is 41.0 Å². The first kappa shape index (κ1) is 14.3. The summed E-state index contributed by atoms with van der Waals surface area (Å²) >= 11 is 9.01. The molecule has 2 atom stereocenters. The van der Waals surface area contributed by atoms with Crippen LogP contribution in [0.3, 0.4) is 0 Å². The second-order valence-corrected chi connectivity index (χ2v) is 8.56. The average molecular weight is 375 g/mol. The average Bonchev–Trinajstić information content (AvgIpc) is 2.78. The van der Waals surface area contributed by atoms with Crippen molar-refractivity contribution in [3.05, 3.63) is 28.7 Å². The van der Waals surface area contributed by atoms with Crippen LogP contribution in [0, 0.1) is 0 Å². The van der Waals surface area contributed by atoms with Crippen molar-refractivity contribution < 1.29 is 8.42 Å². The molecule has 108 valence electrons. The van der Waals surface area contributed by atoms with Crippen molar-refractivity contribution in [1.29, 1.82) is 0 Å². The molecule has 0 aliphatic carbocycles. The van der Waals surface area contributed by atoms with E-state index in [0.29, 0.717) is 0 Å². The van der Waals surface area contributed by atoms with E-state index in [-0.39, 0.29) is 23.6 Å². The molecule has 4 nitrogen and oxygen atoms in total. The largest absolute Gasteiger partial charge is 0.343 e. The Morgan fingerprint density at radius 2 is 2.05 bits per heavy atom. The van der Waals surface area contributed by atoms with E-state index in [4.69, 9.17) is 12.2 Å². The number of benzene rings is 1. The molecule has 0 amide bonds. The lowest BCUT2D eigenvalue weighted by Crippen LogP contribution is -2.37. The van der Waals surface area contributed by atoms with Crippen LogP contribution in [-0.2, 0) is 9.84 Å². The molecule has 0 saturated carbocycles. The molecule has 0 N–H and O–H groups in total. The minimum absolute atomic E-state index is 0.0171. The van der Waals surface area contributed by atoms with Gasteiger partial charge >= 0.3 is 0 Å². The SMILES string of the molecule is CCN1C(=S)N(c2cccc(Br)c2)C2CS(=O)(=O)CC21. The molecule has 3 rings (SSSR count). The summed E-state index contributed by atoms with van der Waals surface area (Å²) < 4.78 is 24.9. The number of sulfone groups is 1. The summed E-state index contributed by atoms with van der Waals surface area (Å²) in [5.74, 6) is 0.386. The highest BCUT2D eigenvalue weighted by Gasteiger charge is 2.51. The van der Waals surface area contributed by atoms with Gasteiger partial charge in [-0.15, -0.1) is 0 Å². The summed E-state index contributed by atoms with van der Waals surface area (Å²) in [6.07, 6.45) is 0. The van der Waals surface area contributed by atoms with Gasteiger partial charge in [0, 0.05) is 16.7 Å². The lowest BCUT2D eigenvalue weighted by atomic mass is 10.1. The van der Waals surface area contributed by atoms with Gasteiger partial charge < -0.3 is 9.80 Å². The summed E-state index contributed by atoms with van der Waals surface area (Å²) in [7, 11) is -2.98. The van der Waals surface area contributed by atoms with E-state index in [2.05, 4.69) is 15.9 Å². The standard InChI is InChI=1S/C13H15BrN2O2S2/c1-2-15-11-7-20(17,18)8-12(11)16(13(15)19)10-5-3-4-9(14)6-10/h3-6,11-12H,2,7-8H2,1H3. The molecule has 1 aromatic carbocycles. The van der Waals surface area contributed by atoms with Gasteiger partial charge in [0.15, 0.2) is 14.9 Å². The van der Waals surface area contributed by atoms with Gasteiger partial charge in [0.25, 0.3) is 0 Å². The molecule has 2 heterocycles. The van der Waals surface area contributed by atoms with Crippen LogP contribution in [0.4, 0.5) is 5.69 Å². The molecule has 1 aromatic rings. The Hall–Kier alpha value is -0.660. The Morgan fingerprint density at radius 3 is 2.70 bits per heavy atom. The molecule has 0 aromatic heterocycles. The lowest BCUT2D eigenvalue weighted by Gasteiger charge is -2.25. The molecular formula is C13H15BrN2O2S2. The van der Waals surface area contributed by atoms with Crippen LogP contribution in [0.5, 0.6) is 0 Å². The van der Waals surface area contributed by atoms with E-state index in [0.717, 1.165) is 21.8 Å². The van der Waals surface area contributed by atoms with Gasteiger partial charge in [0.1, 0.15) is 0 Å². The smallest absolute Gasteiger partial charge is 0.176 e. The van der Waals surface area contributed by atoms with Gasteiger partial charge in [0.2, 0.25) is 0 Å². The number of hydrogen-bond donors (Lipinski definition) is 0. The lowest BCUT2D eigenvalue weighted by molar-refractivity contribution is 0.373. The van der Waals surface area contributed by atoms with Crippen molar-refractivity contribution in [2.45, 2.75) is 19.0 Å². The third-order valence-electron chi connectivity index (χ3n) is 3.90. The van der Waals surface area contributed by atoms with Gasteiger partial charge in [-0.2, -0.15) is 0 Å². The van der Waals surface area contributed by atoms with Crippen LogP contribution in [0.1, 0.15) is 6.92 Å². The normalized spacial score (nSPS) is 28.0. The molecule has 7 heteroatoms. The molecule has 0 spiro atoms. The minimum Gasteiger partial charge on any atom is -0.343 e. The van der Waals surface area contributed by atoms with Gasteiger partial charge in [-0.25, -0.2) is 8.42 Å². The zero-order valence-electron chi connectivity index (χ0n) is 11.0. The fraction of sp³-hybridized carbons (Fsp3) is 0.462. The Bertz CT molecular complexity index is 662. The Kier molecular flexibility index (Phi) is 3.54. The van der Waals surface area contributed by atoms with E-state index < -0.39 is 9.84 Å². The monoisotopic (exact) mass is 374 g/mol. The second-order valence-electron chi connectivity index (χ2n) is 5.13. The number of anilines is 1. The maximum atomic E-state index is 12.0. The van der Waals surface area contributed by atoms with Crippen molar-refractivity contribution in [1.82, 2.24) is 4.90 Å². The van der Waals surface area contributed by atoms with Crippen LogP contribution < -0.4 is 4.90 Å². The number of thiocarbonyl (C=S) groups is 1. The molecule has 2 aliphatic rings. The summed E-state index contributed by atoms with van der Waals surface area (Å²) in [4.78, 5) is 4.03. The number of halogens is 1. The molecule has 20 heavy (non-hydrogen) atoms. The highest BCUT2D eigenvalue weighted by Crippen LogP contribution is 2.35. The zero-order valence-corrected chi connectivity index (χ0v) is 14.2. The van der Waals surface area contributed by atoms with Gasteiger partial charge in [-0.3, -0.25) is 0 Å². The van der Waals surface area contributed by atoms with Crippen molar-refractivity contribution in [2.24, 2.45) is 0 Å². The van der Waals surface area contributed by atoms with Crippen molar-refractivity contribution >= 4 is 48.8 Å². The Labute approximate surface area is 132 Å². The number of hydrogen-bond acceptors (Lipinski definition) is 3. The summed E-state index contributed by atoms with van der Waals surface area (Å²) in [6, 6.07) is 7.75. The molecule has 2 fully saturated rings. The van der Waals surface area contributed by atoms with Gasteiger partial charge in [-0.05, 0) is 37.3 Å². The summed E-state index contributed by atoms with van der Waals surface area (Å²) in [5.41, 5.74) is 0.951. The maximum Gasteiger partial charge on any atom is 0.176 e. The van der Waals surface area contributed by atoms with E-state index in [1.165, 1.54) is 0 Å². The predicted molar refractivity (Wildman–Crippen MR) is 87.8 cm³/mol. The van der Waals surface area contributed by atoms with E-state index in [9.17, 15) is 8.42 Å². The van der Waals surface area contributed by atoms with Crippen LogP contribution in [-0.4, -0.2) is 48.6 Å². The van der Waals surface area contributed by atoms with Gasteiger partial charge in [0.05, 0.1) is 23.6 Å². The first-order valence-corrected chi connectivity index (χ1v) is 9.51. The first-order valence-electron chi connectivity index (χ1n) is 6.49. The number of fused-ring (bicyclic) bond motifs is 1. The van der Waals surface area contributed by atoms with E-state index >= 15 is 0 Å². The molecule has 0 bridgehead atoms. The zero-order chi connectivity index (χ0) is 14.5. The summed E-state index contributed by atoms with van der Waals surface area (Å²) in [6.45, 7) is 2.75. The number of nitrogens with zero attached hydrogens (tertiary/aromatic N) is 2. The molecule has 2 unspecified atom stereocenters. The topological polar surface area (TPSA) is 40.6 Å². The quantitative estimate of drug-likeness (QED) is 0.740. The van der Waals surface area contributed by atoms with Crippen molar-refractivity contribution in [2.75, 3.05) is 23.0 Å². The summed E-state index contributed by atoms with van der Waals surface area (Å²) in [5, 5.41) is 0.732. The second kappa shape index (κ2) is 4.96. The van der Waals surface area contributed by atoms with Crippen molar-refractivity contribution in [3.63, 3.8) is 0 Å². The number of rotatable bonds is 2. The third-order valence-corrected chi connectivity index (χ3v) is 6.53. The fourth-order valence-electron chi connectivity index (χ4n) is 3.07. The van der Waals surface area contributed by atoms with Crippen LogP contribution in [0.25, 0.3) is 0 Å². The molecule has 2 saturated heterocycles. The minimum atomic E-state index is -2.98. The first-order chi connectivity index (χ1) is 9.43. The predicted octanol–water partition coefficient (Wildman–Crippen LogP) is 2.04. The van der Waals surface area contributed by atoms with Crippen LogP contribution in [0.15, 0.2) is 28.7 Å². The highest BCUT2D eigenvalue weighted by atomic mass is 79.9. The van der Waals surface area contributed by atoms with Crippen molar-refractivity contribution in [3.8, 4) is 0 Å². The molecular weight excluding hydrogens is 360 g/mol. The third kappa shape index (κ3) is 2.25. The molecule has 2 aliphatic heterocycles. The van der Waals surface area contributed by atoms with E-state index in [1.54, 1.807) is 0 Å². The Morgan fingerprint density at radius 1 is 1.35 bits per heavy atom.